The first-order valence-corrected chi connectivity index (χ1v) is 16.6. The van der Waals surface area contributed by atoms with E-state index in [0.717, 1.165) is 18.2 Å². The summed E-state index contributed by atoms with van der Waals surface area (Å²) in [6.45, 7) is 5.49. The van der Waals surface area contributed by atoms with Crippen molar-refractivity contribution in [3.05, 3.63) is 76.0 Å². The molecule has 0 unspecified atom stereocenters. The number of hydrogen-bond acceptors (Lipinski definition) is 7. The van der Waals surface area contributed by atoms with Gasteiger partial charge >= 0.3 is 0 Å². The van der Waals surface area contributed by atoms with E-state index in [4.69, 9.17) is 27.9 Å². The molecule has 0 aliphatic carbocycles. The molecule has 0 atom stereocenters. The number of morpholine rings is 1. The van der Waals surface area contributed by atoms with Gasteiger partial charge in [0.05, 0.1) is 50.7 Å². The number of nitrogens with one attached hydrogen (secondary N) is 2. The lowest BCUT2D eigenvalue weighted by molar-refractivity contribution is 0.0730. The van der Waals surface area contributed by atoms with Gasteiger partial charge in [-0.15, -0.1) is 0 Å². The van der Waals surface area contributed by atoms with Crippen molar-refractivity contribution in [1.82, 2.24) is 4.31 Å². The van der Waals surface area contributed by atoms with Gasteiger partial charge in [-0.3, -0.25) is 9.52 Å². The first kappa shape index (κ1) is 32.0. The highest BCUT2D eigenvalue weighted by Gasteiger charge is 2.28. The van der Waals surface area contributed by atoms with Crippen LogP contribution in [0.5, 0.6) is 0 Å². The predicted octanol–water partition coefficient (Wildman–Crippen LogP) is 5.05. The monoisotopic (exact) mass is 658 g/mol. The van der Waals surface area contributed by atoms with Crippen molar-refractivity contribution < 1.29 is 30.8 Å². The van der Waals surface area contributed by atoms with E-state index < -0.39 is 37.3 Å². The van der Waals surface area contributed by atoms with Gasteiger partial charge in [0.25, 0.3) is 15.9 Å². The number of rotatable bonds is 10. The molecule has 0 bridgehead atoms. The standard InChI is InChI=1S/C27H29Cl2FN4O6S2/c1-3-33(4-2)26-10-7-19(41(36,37)32-24-15-18(28)5-8-22(24)29)17-25(26)31-27(35)21-16-20(6-9-23(21)30)42(38,39)34-11-13-40-14-12-34/h5-10,15-17,32H,3-4,11-14H2,1-2H3,(H,31,35). The Bertz CT molecular complexity index is 1700. The van der Waals surface area contributed by atoms with Crippen LogP contribution in [0.15, 0.2) is 64.4 Å². The van der Waals surface area contributed by atoms with E-state index >= 15 is 0 Å². The van der Waals surface area contributed by atoms with Crippen LogP contribution in [0.2, 0.25) is 10.0 Å². The second-order valence-electron chi connectivity index (χ2n) is 9.19. The first-order chi connectivity index (χ1) is 19.9. The van der Waals surface area contributed by atoms with Crippen LogP contribution in [0.1, 0.15) is 24.2 Å². The molecule has 1 heterocycles. The van der Waals surface area contributed by atoms with Gasteiger partial charge in [-0.05, 0) is 68.4 Å². The molecule has 3 aromatic carbocycles. The maximum absolute atomic E-state index is 14.9. The topological polar surface area (TPSA) is 125 Å². The van der Waals surface area contributed by atoms with Gasteiger partial charge in [0.15, 0.2) is 0 Å². The predicted molar refractivity (Wildman–Crippen MR) is 161 cm³/mol. The fourth-order valence-electron chi connectivity index (χ4n) is 4.37. The molecule has 1 aliphatic heterocycles. The third-order valence-electron chi connectivity index (χ3n) is 6.59. The van der Waals surface area contributed by atoms with Crippen molar-refractivity contribution >= 4 is 66.2 Å². The van der Waals surface area contributed by atoms with E-state index in [0.29, 0.717) is 18.8 Å². The van der Waals surface area contributed by atoms with Gasteiger partial charge in [-0.2, -0.15) is 4.31 Å². The summed E-state index contributed by atoms with van der Waals surface area (Å²) < 4.78 is 76.5. The lowest BCUT2D eigenvalue weighted by atomic mass is 10.1. The Hall–Kier alpha value is -2.94. The van der Waals surface area contributed by atoms with E-state index in [1.165, 1.54) is 40.7 Å². The molecule has 1 amide bonds. The maximum Gasteiger partial charge on any atom is 0.262 e. The molecule has 0 saturated carbocycles. The molecule has 1 saturated heterocycles. The molecule has 3 aromatic rings. The lowest BCUT2D eigenvalue weighted by Gasteiger charge is -2.26. The number of benzene rings is 3. The number of nitrogens with zero attached hydrogens (tertiary/aromatic N) is 2. The van der Waals surface area contributed by atoms with Gasteiger partial charge in [0.2, 0.25) is 10.0 Å². The molecule has 0 spiro atoms. The van der Waals surface area contributed by atoms with Crippen LogP contribution in [0.25, 0.3) is 0 Å². The zero-order valence-corrected chi connectivity index (χ0v) is 25.9. The first-order valence-electron chi connectivity index (χ1n) is 12.9. The lowest BCUT2D eigenvalue weighted by Crippen LogP contribution is -2.40. The second-order valence-corrected chi connectivity index (χ2v) is 13.7. The molecule has 226 valence electrons. The van der Waals surface area contributed by atoms with E-state index in [2.05, 4.69) is 10.0 Å². The van der Waals surface area contributed by atoms with Crippen molar-refractivity contribution in [3.63, 3.8) is 0 Å². The number of sulfonamides is 2. The summed E-state index contributed by atoms with van der Waals surface area (Å²) in [4.78, 5) is 14.8. The minimum absolute atomic E-state index is 0.0583. The van der Waals surface area contributed by atoms with Crippen LogP contribution in [0.3, 0.4) is 0 Å². The zero-order chi connectivity index (χ0) is 30.7. The Balaban J connectivity index is 1.71. The number of amides is 1. The van der Waals surface area contributed by atoms with Crippen LogP contribution in [0.4, 0.5) is 21.5 Å². The molecule has 1 fully saturated rings. The molecular weight excluding hydrogens is 630 g/mol. The van der Waals surface area contributed by atoms with E-state index in [9.17, 15) is 26.0 Å². The van der Waals surface area contributed by atoms with Crippen LogP contribution in [-0.2, 0) is 24.8 Å². The van der Waals surface area contributed by atoms with Crippen LogP contribution in [0, 0.1) is 5.82 Å². The third-order valence-corrected chi connectivity index (χ3v) is 10.4. The summed E-state index contributed by atoms with van der Waals surface area (Å²) in [5, 5.41) is 2.97. The highest BCUT2D eigenvalue weighted by molar-refractivity contribution is 7.92. The molecule has 1 aliphatic rings. The highest BCUT2D eigenvalue weighted by atomic mass is 35.5. The Kier molecular flexibility index (Phi) is 10.0. The maximum atomic E-state index is 14.9. The fourth-order valence-corrected chi connectivity index (χ4v) is 7.29. The number of hydrogen-bond donors (Lipinski definition) is 2. The molecule has 10 nitrogen and oxygen atoms in total. The molecule has 4 rings (SSSR count). The zero-order valence-electron chi connectivity index (χ0n) is 22.7. The quantitative estimate of drug-likeness (QED) is 0.312. The van der Waals surface area contributed by atoms with Crippen LogP contribution >= 0.6 is 23.2 Å². The Morgan fingerprint density at radius 2 is 1.60 bits per heavy atom. The average Bonchev–Trinajstić information content (AvgIpc) is 2.96. The van der Waals surface area contributed by atoms with Crippen LogP contribution < -0.4 is 14.9 Å². The van der Waals surface area contributed by atoms with Gasteiger partial charge in [-0.25, -0.2) is 21.2 Å². The molecular formula is C27H29Cl2FN4O6S2. The van der Waals surface area contributed by atoms with Crippen molar-refractivity contribution in [2.75, 3.05) is 54.3 Å². The highest BCUT2D eigenvalue weighted by Crippen LogP contribution is 2.33. The summed E-state index contributed by atoms with van der Waals surface area (Å²) in [6.07, 6.45) is 0. The summed E-state index contributed by atoms with van der Waals surface area (Å²) >= 11 is 12.1. The molecule has 0 radical (unpaired) electrons. The summed E-state index contributed by atoms with van der Waals surface area (Å²) in [7, 11) is -8.22. The SMILES string of the molecule is CCN(CC)c1ccc(S(=O)(=O)Nc2cc(Cl)ccc2Cl)cc1NC(=O)c1cc(S(=O)(=O)N2CCOCC2)ccc1F. The number of halogens is 3. The van der Waals surface area contributed by atoms with Gasteiger partial charge in [0.1, 0.15) is 5.82 Å². The van der Waals surface area contributed by atoms with Crippen molar-refractivity contribution in [2.24, 2.45) is 0 Å². The van der Waals surface area contributed by atoms with Crippen molar-refractivity contribution in [3.8, 4) is 0 Å². The third kappa shape index (κ3) is 6.99. The minimum atomic E-state index is -4.21. The molecule has 15 heteroatoms. The largest absolute Gasteiger partial charge is 0.379 e. The van der Waals surface area contributed by atoms with Crippen LogP contribution in [-0.4, -0.2) is 66.4 Å². The normalized spacial score (nSPS) is 14.4. The molecule has 0 aromatic heterocycles. The summed E-state index contributed by atoms with van der Waals surface area (Å²) in [5.74, 6) is -1.90. The average molecular weight is 660 g/mol. The van der Waals surface area contributed by atoms with Gasteiger partial charge < -0.3 is 15.0 Å². The van der Waals surface area contributed by atoms with Gasteiger partial charge in [-0.1, -0.05) is 23.2 Å². The smallest absolute Gasteiger partial charge is 0.262 e. The van der Waals surface area contributed by atoms with E-state index in [-0.39, 0.29) is 57.5 Å². The van der Waals surface area contributed by atoms with Crippen molar-refractivity contribution in [1.29, 1.82) is 0 Å². The number of ether oxygens (including phenoxy) is 1. The number of anilines is 3. The fraction of sp³-hybridized carbons (Fsp3) is 0.296. The van der Waals surface area contributed by atoms with Gasteiger partial charge in [0, 0.05) is 31.2 Å². The molecule has 2 N–H and O–H groups in total. The summed E-state index contributed by atoms with van der Waals surface area (Å²) in [5.41, 5.74) is 0.0880. The Labute approximate surface area is 254 Å². The number of carbonyl (C=O) groups is 1. The Morgan fingerprint density at radius 1 is 0.929 bits per heavy atom. The van der Waals surface area contributed by atoms with Crippen molar-refractivity contribution in [2.45, 2.75) is 23.6 Å². The second kappa shape index (κ2) is 13.1. The van der Waals surface area contributed by atoms with E-state index in [1.807, 2.05) is 18.7 Å². The minimum Gasteiger partial charge on any atom is -0.379 e. The summed E-state index contributed by atoms with van der Waals surface area (Å²) in [6, 6.07) is 11.4. The van der Waals surface area contributed by atoms with E-state index in [1.54, 1.807) is 0 Å². The Morgan fingerprint density at radius 3 is 2.26 bits per heavy atom. The molecule has 42 heavy (non-hydrogen) atoms. The number of carbonyl (C=O) groups excluding carboxylic acids is 1.